The van der Waals surface area contributed by atoms with Crippen LogP contribution in [0.4, 0.5) is 0 Å². The van der Waals surface area contributed by atoms with Crippen LogP contribution in [0.5, 0.6) is 0 Å². The minimum atomic E-state index is -0.465. The maximum atomic E-state index is 12.6. The van der Waals surface area contributed by atoms with E-state index in [0.717, 1.165) is 5.56 Å². The molecule has 22 heavy (non-hydrogen) atoms. The zero-order valence-corrected chi connectivity index (χ0v) is 12.5. The van der Waals surface area contributed by atoms with Crippen LogP contribution in [0.1, 0.15) is 11.6 Å². The summed E-state index contributed by atoms with van der Waals surface area (Å²) in [5.74, 6) is 1.52. The van der Waals surface area contributed by atoms with E-state index in [1.165, 1.54) is 11.9 Å². The number of likely N-dealkylation sites (tertiary alicyclic amines) is 2. The average Bonchev–Trinajstić information content (AvgIpc) is 2.97. The second-order valence-electron chi connectivity index (χ2n) is 5.74. The van der Waals surface area contributed by atoms with Gasteiger partial charge in [0.25, 0.3) is 0 Å². The van der Waals surface area contributed by atoms with Crippen LogP contribution in [0.15, 0.2) is 43.0 Å². The van der Waals surface area contributed by atoms with Crippen molar-refractivity contribution in [3.8, 4) is 12.3 Å². The third-order valence-corrected chi connectivity index (χ3v) is 4.67. The fourth-order valence-corrected chi connectivity index (χ4v) is 3.74. The Kier molecular flexibility index (Phi) is 3.59. The average molecular weight is 294 g/mol. The Morgan fingerprint density at radius 3 is 2.45 bits per heavy atom. The molecular weight excluding hydrogens is 276 g/mol. The summed E-state index contributed by atoms with van der Waals surface area (Å²) in [7, 11) is 1.54. The lowest BCUT2D eigenvalue weighted by Crippen LogP contribution is -2.40. The molecule has 0 bridgehead atoms. The number of hydrogen-bond acceptors (Lipinski definition) is 3. The first-order chi connectivity index (χ1) is 10.6. The van der Waals surface area contributed by atoms with Gasteiger partial charge in [-0.05, 0) is 5.56 Å². The Hall–Kier alpha value is -2.38. The van der Waals surface area contributed by atoms with Crippen LogP contribution in [0.3, 0.4) is 0 Å². The molecule has 4 atom stereocenters. The molecule has 0 radical (unpaired) electrons. The van der Waals surface area contributed by atoms with Gasteiger partial charge in [-0.2, -0.15) is 0 Å². The summed E-state index contributed by atoms with van der Waals surface area (Å²) >= 11 is 0. The molecule has 0 aromatic heterocycles. The van der Waals surface area contributed by atoms with Gasteiger partial charge in [0, 0.05) is 19.6 Å². The second-order valence-corrected chi connectivity index (χ2v) is 5.74. The van der Waals surface area contributed by atoms with Crippen molar-refractivity contribution in [2.24, 2.45) is 11.8 Å². The van der Waals surface area contributed by atoms with Crippen molar-refractivity contribution in [1.82, 2.24) is 9.80 Å². The van der Waals surface area contributed by atoms with Crippen LogP contribution in [0.25, 0.3) is 0 Å². The number of imide groups is 1. The molecule has 2 fully saturated rings. The SMILES string of the molecule is C#C[C@H]1[C@@H]2C(=O)N(C)C(=O)[C@@H]2[C@H](c2ccccc2)N1CC=C. The molecule has 0 unspecified atom stereocenters. The van der Waals surface area contributed by atoms with E-state index in [2.05, 4.69) is 12.5 Å². The highest BCUT2D eigenvalue weighted by Gasteiger charge is 2.60. The van der Waals surface area contributed by atoms with Crippen molar-refractivity contribution in [1.29, 1.82) is 0 Å². The molecule has 2 heterocycles. The molecule has 4 heteroatoms. The highest BCUT2D eigenvalue weighted by Crippen LogP contribution is 2.49. The number of carbonyl (C=O) groups is 2. The van der Waals surface area contributed by atoms with Gasteiger partial charge in [-0.1, -0.05) is 42.3 Å². The molecule has 4 nitrogen and oxygen atoms in total. The number of nitrogens with zero attached hydrogens (tertiary/aromatic N) is 2. The molecule has 112 valence electrons. The molecule has 0 spiro atoms. The van der Waals surface area contributed by atoms with Crippen molar-refractivity contribution < 1.29 is 9.59 Å². The number of amides is 2. The first-order valence-corrected chi connectivity index (χ1v) is 7.31. The van der Waals surface area contributed by atoms with Crippen LogP contribution >= 0.6 is 0 Å². The first-order valence-electron chi connectivity index (χ1n) is 7.31. The highest BCUT2D eigenvalue weighted by molar-refractivity contribution is 6.06. The number of rotatable bonds is 3. The fraction of sp³-hybridized carbons (Fsp3) is 0.333. The van der Waals surface area contributed by atoms with Crippen molar-refractivity contribution >= 4 is 11.8 Å². The topological polar surface area (TPSA) is 40.6 Å². The molecule has 0 saturated carbocycles. The van der Waals surface area contributed by atoms with Gasteiger partial charge in [0.2, 0.25) is 11.8 Å². The number of benzene rings is 1. The zero-order chi connectivity index (χ0) is 15.9. The second kappa shape index (κ2) is 5.43. The summed E-state index contributed by atoms with van der Waals surface area (Å²) < 4.78 is 0. The van der Waals surface area contributed by atoms with E-state index in [-0.39, 0.29) is 23.9 Å². The highest BCUT2D eigenvalue weighted by atomic mass is 16.2. The largest absolute Gasteiger partial charge is 0.285 e. The maximum Gasteiger partial charge on any atom is 0.235 e. The monoisotopic (exact) mass is 294 g/mol. The Labute approximate surface area is 130 Å². The maximum absolute atomic E-state index is 12.6. The number of carbonyl (C=O) groups excluding carboxylic acids is 2. The Morgan fingerprint density at radius 2 is 1.86 bits per heavy atom. The molecule has 1 aromatic carbocycles. The van der Waals surface area contributed by atoms with Crippen LogP contribution in [-0.2, 0) is 9.59 Å². The molecular formula is C18H18N2O2. The van der Waals surface area contributed by atoms with Crippen molar-refractivity contribution in [3.05, 3.63) is 48.6 Å². The number of terminal acetylenes is 1. The van der Waals surface area contributed by atoms with E-state index in [0.29, 0.717) is 6.54 Å². The lowest BCUT2D eigenvalue weighted by molar-refractivity contribution is -0.139. The van der Waals surface area contributed by atoms with Gasteiger partial charge < -0.3 is 0 Å². The smallest absolute Gasteiger partial charge is 0.235 e. The molecule has 2 saturated heterocycles. The Balaban J connectivity index is 2.12. The lowest BCUT2D eigenvalue weighted by Gasteiger charge is -2.30. The lowest BCUT2D eigenvalue weighted by atomic mass is 9.86. The third-order valence-electron chi connectivity index (χ3n) is 4.67. The molecule has 0 aliphatic carbocycles. The Bertz CT molecular complexity index is 661. The van der Waals surface area contributed by atoms with E-state index in [9.17, 15) is 9.59 Å². The van der Waals surface area contributed by atoms with Gasteiger partial charge in [0.15, 0.2) is 0 Å². The third kappa shape index (κ3) is 1.90. The quantitative estimate of drug-likeness (QED) is 0.481. The van der Waals surface area contributed by atoms with Crippen molar-refractivity contribution in [2.75, 3.05) is 13.6 Å². The van der Waals surface area contributed by atoms with Gasteiger partial charge in [-0.3, -0.25) is 19.4 Å². The summed E-state index contributed by atoms with van der Waals surface area (Å²) in [6.07, 6.45) is 7.46. The van der Waals surface area contributed by atoms with E-state index < -0.39 is 11.8 Å². The number of fused-ring (bicyclic) bond motifs is 1. The molecule has 0 N–H and O–H groups in total. The summed E-state index contributed by atoms with van der Waals surface area (Å²) in [6, 6.07) is 9.19. The van der Waals surface area contributed by atoms with Gasteiger partial charge in [0.05, 0.1) is 17.9 Å². The van der Waals surface area contributed by atoms with Crippen LogP contribution in [0, 0.1) is 24.2 Å². The van der Waals surface area contributed by atoms with Gasteiger partial charge >= 0.3 is 0 Å². The van der Waals surface area contributed by atoms with E-state index >= 15 is 0 Å². The molecule has 2 amide bonds. The summed E-state index contributed by atoms with van der Waals surface area (Å²) in [5.41, 5.74) is 1.01. The zero-order valence-electron chi connectivity index (χ0n) is 12.5. The first kappa shape index (κ1) is 14.6. The fourth-order valence-electron chi connectivity index (χ4n) is 3.74. The predicted molar refractivity (Wildman–Crippen MR) is 83.5 cm³/mol. The van der Waals surface area contributed by atoms with Crippen LogP contribution in [-0.4, -0.2) is 41.2 Å². The van der Waals surface area contributed by atoms with Gasteiger partial charge in [-0.25, -0.2) is 0 Å². The summed E-state index contributed by atoms with van der Waals surface area (Å²) in [6.45, 7) is 4.32. The Morgan fingerprint density at radius 1 is 1.23 bits per heavy atom. The van der Waals surface area contributed by atoms with Crippen molar-refractivity contribution in [3.63, 3.8) is 0 Å². The standard InChI is InChI=1S/C18H18N2O2/c1-4-11-20-13(5-2)14-15(18(22)19(3)17(14)21)16(20)12-9-7-6-8-10-12/h2,4,6-10,13-16H,1,11H2,3H3/t13-,14-,15-,16-/m0/s1. The summed E-state index contributed by atoms with van der Waals surface area (Å²) in [5, 5.41) is 0. The summed E-state index contributed by atoms with van der Waals surface area (Å²) in [4.78, 5) is 28.3. The normalized spacial score (nSPS) is 31.2. The van der Waals surface area contributed by atoms with Crippen LogP contribution in [0.2, 0.25) is 0 Å². The van der Waals surface area contributed by atoms with Gasteiger partial charge in [-0.15, -0.1) is 13.0 Å². The molecule has 2 aliphatic heterocycles. The molecule has 2 aliphatic rings. The van der Waals surface area contributed by atoms with E-state index in [4.69, 9.17) is 6.42 Å². The van der Waals surface area contributed by atoms with E-state index in [1.807, 2.05) is 35.2 Å². The van der Waals surface area contributed by atoms with Crippen LogP contribution < -0.4 is 0 Å². The van der Waals surface area contributed by atoms with Gasteiger partial charge in [0.1, 0.15) is 0 Å². The minimum absolute atomic E-state index is 0.143. The molecule has 3 rings (SSSR count). The minimum Gasteiger partial charge on any atom is -0.285 e. The number of hydrogen-bond donors (Lipinski definition) is 0. The predicted octanol–water partition coefficient (Wildman–Crippen LogP) is 1.46. The van der Waals surface area contributed by atoms with E-state index in [1.54, 1.807) is 6.08 Å². The van der Waals surface area contributed by atoms with Crippen molar-refractivity contribution in [2.45, 2.75) is 12.1 Å². The molecule has 1 aromatic rings.